The lowest BCUT2D eigenvalue weighted by molar-refractivity contribution is -0.164. The third-order valence-corrected chi connectivity index (χ3v) is 2.30. The fourth-order valence-corrected chi connectivity index (χ4v) is 1.56. The van der Waals surface area contributed by atoms with E-state index in [1.54, 1.807) is 0 Å². The summed E-state index contributed by atoms with van der Waals surface area (Å²) in [6.07, 6.45) is 1.55. The van der Waals surface area contributed by atoms with Gasteiger partial charge in [0.2, 0.25) is 0 Å². The number of nitrogens with one attached hydrogen (secondary N) is 1. The van der Waals surface area contributed by atoms with Crippen LogP contribution in [0.1, 0.15) is 33.6 Å². The van der Waals surface area contributed by atoms with Gasteiger partial charge in [-0.15, -0.1) is 0 Å². The first-order chi connectivity index (χ1) is 6.40. The van der Waals surface area contributed by atoms with Crippen LogP contribution in [-0.4, -0.2) is 35.4 Å². The lowest BCUT2D eigenvalue weighted by atomic mass is 9.98. The zero-order valence-electron chi connectivity index (χ0n) is 9.09. The Morgan fingerprint density at radius 3 is 2.57 bits per heavy atom. The van der Waals surface area contributed by atoms with Gasteiger partial charge in [-0.2, -0.15) is 0 Å². The third kappa shape index (κ3) is 2.45. The number of aliphatic hydroxyl groups excluding tert-OH is 1. The molecule has 1 fully saturated rings. The van der Waals surface area contributed by atoms with E-state index in [4.69, 9.17) is 4.74 Å². The van der Waals surface area contributed by atoms with Crippen molar-refractivity contribution in [3.63, 3.8) is 0 Å². The second kappa shape index (κ2) is 3.87. The quantitative estimate of drug-likeness (QED) is 0.637. The van der Waals surface area contributed by atoms with Crippen LogP contribution in [0.15, 0.2) is 0 Å². The average Bonchev–Trinajstić information content (AvgIpc) is 2.49. The molecule has 4 heteroatoms. The second-order valence-corrected chi connectivity index (χ2v) is 4.77. The summed E-state index contributed by atoms with van der Waals surface area (Å²) in [5, 5.41) is 12.2. The Bertz CT molecular complexity index is 214. The standard InChI is InChI=1S/C10H19NO3/c1-9(2,3)14-8(13)10(7-12)5-4-6-11-10/h11-12H,4-7H2,1-3H3. The summed E-state index contributed by atoms with van der Waals surface area (Å²) < 4.78 is 5.25. The third-order valence-electron chi connectivity index (χ3n) is 2.30. The number of esters is 1. The highest BCUT2D eigenvalue weighted by atomic mass is 16.6. The molecular weight excluding hydrogens is 182 g/mol. The molecule has 0 aromatic heterocycles. The molecule has 1 atom stereocenters. The predicted molar refractivity (Wildman–Crippen MR) is 52.9 cm³/mol. The van der Waals surface area contributed by atoms with Crippen LogP contribution in [0, 0.1) is 0 Å². The van der Waals surface area contributed by atoms with Gasteiger partial charge in [-0.05, 0) is 40.2 Å². The first-order valence-corrected chi connectivity index (χ1v) is 4.99. The van der Waals surface area contributed by atoms with Crippen molar-refractivity contribution in [2.24, 2.45) is 0 Å². The monoisotopic (exact) mass is 201 g/mol. The summed E-state index contributed by atoms with van der Waals surface area (Å²) in [6, 6.07) is 0. The lowest BCUT2D eigenvalue weighted by Gasteiger charge is -2.29. The van der Waals surface area contributed by atoms with Crippen molar-refractivity contribution in [3.8, 4) is 0 Å². The Morgan fingerprint density at radius 2 is 2.21 bits per heavy atom. The van der Waals surface area contributed by atoms with E-state index in [-0.39, 0.29) is 12.6 Å². The molecule has 2 N–H and O–H groups in total. The van der Waals surface area contributed by atoms with Gasteiger partial charge in [-0.25, -0.2) is 4.79 Å². The van der Waals surface area contributed by atoms with E-state index in [0.717, 1.165) is 13.0 Å². The van der Waals surface area contributed by atoms with E-state index in [1.165, 1.54) is 0 Å². The van der Waals surface area contributed by atoms with E-state index in [0.29, 0.717) is 6.42 Å². The van der Waals surface area contributed by atoms with Gasteiger partial charge in [0, 0.05) is 0 Å². The number of ether oxygens (including phenoxy) is 1. The van der Waals surface area contributed by atoms with E-state index < -0.39 is 11.1 Å². The molecule has 4 nitrogen and oxygen atoms in total. The molecule has 1 unspecified atom stereocenters. The molecule has 1 aliphatic heterocycles. The minimum atomic E-state index is -0.854. The predicted octanol–water partition coefficient (Wildman–Crippen LogP) is 0.443. The Hall–Kier alpha value is -0.610. The lowest BCUT2D eigenvalue weighted by Crippen LogP contribution is -2.53. The number of carbonyl (C=O) groups is 1. The molecule has 0 bridgehead atoms. The van der Waals surface area contributed by atoms with Crippen molar-refractivity contribution >= 4 is 5.97 Å². The number of hydrogen-bond donors (Lipinski definition) is 2. The van der Waals surface area contributed by atoms with E-state index in [1.807, 2.05) is 20.8 Å². The van der Waals surface area contributed by atoms with Gasteiger partial charge in [0.1, 0.15) is 11.1 Å². The molecule has 1 heterocycles. The Balaban J connectivity index is 2.66. The van der Waals surface area contributed by atoms with Crippen molar-refractivity contribution in [2.45, 2.75) is 44.8 Å². The highest BCUT2D eigenvalue weighted by Gasteiger charge is 2.43. The summed E-state index contributed by atoms with van der Waals surface area (Å²) in [6.45, 7) is 6.04. The first kappa shape index (κ1) is 11.5. The Kier molecular flexibility index (Phi) is 3.17. The molecule has 1 saturated heterocycles. The topological polar surface area (TPSA) is 58.6 Å². The highest BCUT2D eigenvalue weighted by Crippen LogP contribution is 2.23. The van der Waals surface area contributed by atoms with Crippen LogP contribution in [0.3, 0.4) is 0 Å². The fourth-order valence-electron chi connectivity index (χ4n) is 1.56. The summed E-state index contributed by atoms with van der Waals surface area (Å²) in [4.78, 5) is 11.8. The molecule has 1 rings (SSSR count). The van der Waals surface area contributed by atoms with E-state index >= 15 is 0 Å². The van der Waals surface area contributed by atoms with Gasteiger partial charge in [0.15, 0.2) is 0 Å². The van der Waals surface area contributed by atoms with Crippen LogP contribution in [0.25, 0.3) is 0 Å². The number of aliphatic hydroxyl groups is 1. The van der Waals surface area contributed by atoms with Crippen LogP contribution in [0.4, 0.5) is 0 Å². The molecular formula is C10H19NO3. The Morgan fingerprint density at radius 1 is 1.57 bits per heavy atom. The maximum Gasteiger partial charge on any atom is 0.329 e. The summed E-state index contributed by atoms with van der Waals surface area (Å²) in [5.41, 5.74) is -1.35. The molecule has 0 radical (unpaired) electrons. The van der Waals surface area contributed by atoms with Crippen molar-refractivity contribution in [1.29, 1.82) is 0 Å². The molecule has 0 spiro atoms. The molecule has 0 aliphatic carbocycles. The molecule has 0 aromatic rings. The Labute approximate surface area is 84.6 Å². The van der Waals surface area contributed by atoms with Crippen LogP contribution < -0.4 is 5.32 Å². The van der Waals surface area contributed by atoms with Gasteiger partial charge in [-0.3, -0.25) is 5.32 Å². The van der Waals surface area contributed by atoms with E-state index in [9.17, 15) is 9.90 Å². The summed E-state index contributed by atoms with van der Waals surface area (Å²) in [5.74, 6) is -0.343. The molecule has 82 valence electrons. The SMILES string of the molecule is CC(C)(C)OC(=O)C1(CO)CCCN1. The van der Waals surface area contributed by atoms with Gasteiger partial charge in [0.05, 0.1) is 6.61 Å². The minimum absolute atomic E-state index is 0.193. The van der Waals surface area contributed by atoms with Gasteiger partial charge in [-0.1, -0.05) is 0 Å². The number of rotatable bonds is 2. The molecule has 0 aromatic carbocycles. The summed E-state index contributed by atoms with van der Waals surface area (Å²) in [7, 11) is 0. The van der Waals surface area contributed by atoms with Crippen LogP contribution in [0.2, 0.25) is 0 Å². The maximum absolute atomic E-state index is 11.8. The average molecular weight is 201 g/mol. The van der Waals surface area contributed by atoms with Crippen molar-refractivity contribution in [2.75, 3.05) is 13.2 Å². The largest absolute Gasteiger partial charge is 0.459 e. The summed E-state index contributed by atoms with van der Waals surface area (Å²) >= 11 is 0. The maximum atomic E-state index is 11.8. The van der Waals surface area contributed by atoms with Crippen LogP contribution in [-0.2, 0) is 9.53 Å². The minimum Gasteiger partial charge on any atom is -0.459 e. The van der Waals surface area contributed by atoms with Crippen molar-refractivity contribution < 1.29 is 14.6 Å². The molecule has 14 heavy (non-hydrogen) atoms. The first-order valence-electron chi connectivity index (χ1n) is 4.99. The number of hydrogen-bond acceptors (Lipinski definition) is 4. The fraction of sp³-hybridized carbons (Fsp3) is 0.900. The second-order valence-electron chi connectivity index (χ2n) is 4.77. The smallest absolute Gasteiger partial charge is 0.329 e. The zero-order chi connectivity index (χ0) is 10.8. The van der Waals surface area contributed by atoms with Crippen molar-refractivity contribution in [3.05, 3.63) is 0 Å². The van der Waals surface area contributed by atoms with Gasteiger partial charge in [0.25, 0.3) is 0 Å². The normalized spacial score (nSPS) is 27.7. The molecule has 0 amide bonds. The highest BCUT2D eigenvalue weighted by molar-refractivity contribution is 5.81. The molecule has 0 saturated carbocycles. The van der Waals surface area contributed by atoms with Gasteiger partial charge < -0.3 is 9.84 Å². The van der Waals surface area contributed by atoms with Crippen LogP contribution in [0.5, 0.6) is 0 Å². The van der Waals surface area contributed by atoms with Crippen molar-refractivity contribution in [1.82, 2.24) is 5.32 Å². The van der Waals surface area contributed by atoms with E-state index in [2.05, 4.69) is 5.32 Å². The zero-order valence-corrected chi connectivity index (χ0v) is 9.09. The number of carbonyl (C=O) groups excluding carboxylic acids is 1. The van der Waals surface area contributed by atoms with Crippen LogP contribution >= 0.6 is 0 Å². The molecule has 1 aliphatic rings. The van der Waals surface area contributed by atoms with Gasteiger partial charge >= 0.3 is 5.97 Å².